The summed E-state index contributed by atoms with van der Waals surface area (Å²) in [5.41, 5.74) is -0.152. The van der Waals surface area contributed by atoms with Crippen LogP contribution in [0.5, 0.6) is 0 Å². The fraction of sp³-hybridized carbons (Fsp3) is 0.600. The number of nitrogens with one attached hydrogen (secondary N) is 2. The minimum atomic E-state index is -0.883. The molecular formula is C15H24N2O4S. The molecule has 22 heavy (non-hydrogen) atoms. The molecule has 124 valence electrons. The zero-order valence-corrected chi connectivity index (χ0v) is 14.2. The van der Waals surface area contributed by atoms with Gasteiger partial charge in [-0.25, -0.2) is 4.79 Å². The number of carbonyl (C=O) groups is 2. The first-order valence-electron chi connectivity index (χ1n) is 7.07. The normalized spacial score (nSPS) is 14.2. The Bertz CT molecular complexity index is 482. The van der Waals surface area contributed by atoms with E-state index in [2.05, 4.69) is 10.6 Å². The van der Waals surface area contributed by atoms with Gasteiger partial charge in [0.1, 0.15) is 12.3 Å². The maximum absolute atomic E-state index is 12.1. The van der Waals surface area contributed by atoms with Gasteiger partial charge < -0.3 is 15.2 Å². The van der Waals surface area contributed by atoms with Crippen molar-refractivity contribution in [3.05, 3.63) is 22.4 Å². The summed E-state index contributed by atoms with van der Waals surface area (Å²) in [7, 11) is 0. The quantitative estimate of drug-likeness (QED) is 0.520. The first-order chi connectivity index (χ1) is 10.2. The van der Waals surface area contributed by atoms with Crippen molar-refractivity contribution >= 4 is 23.2 Å². The molecule has 0 aliphatic carbocycles. The minimum Gasteiger partial charge on any atom is -0.464 e. The molecule has 2 atom stereocenters. The van der Waals surface area contributed by atoms with Crippen LogP contribution in [-0.2, 0) is 14.3 Å². The van der Waals surface area contributed by atoms with Crippen LogP contribution in [0.3, 0.4) is 0 Å². The monoisotopic (exact) mass is 328 g/mol. The summed E-state index contributed by atoms with van der Waals surface area (Å²) in [5, 5.41) is 17.2. The number of rotatable bonds is 7. The number of aliphatic hydroxyl groups excluding tert-OH is 1. The number of aliphatic hydroxyl groups is 1. The third kappa shape index (κ3) is 7.02. The summed E-state index contributed by atoms with van der Waals surface area (Å²) in [5.74, 6) is -0.846. The predicted molar refractivity (Wildman–Crippen MR) is 85.3 cm³/mol. The second-order valence-electron chi connectivity index (χ2n) is 6.25. The number of esters is 1. The Balaban J connectivity index is 2.56. The Morgan fingerprint density at radius 1 is 1.41 bits per heavy atom. The van der Waals surface area contributed by atoms with Crippen LogP contribution in [0, 0.1) is 5.41 Å². The summed E-state index contributed by atoms with van der Waals surface area (Å²) in [6.45, 7) is 7.53. The zero-order chi connectivity index (χ0) is 16.8. The molecule has 1 aromatic rings. The lowest BCUT2D eigenvalue weighted by atomic mass is 9.99. The van der Waals surface area contributed by atoms with Gasteiger partial charge in [-0.05, 0) is 16.9 Å². The van der Waals surface area contributed by atoms with Crippen molar-refractivity contribution in [3.63, 3.8) is 0 Å². The molecule has 2 unspecified atom stereocenters. The summed E-state index contributed by atoms with van der Waals surface area (Å²) in [6.07, 6.45) is -0.883. The van der Waals surface area contributed by atoms with Gasteiger partial charge in [0, 0.05) is 18.3 Å². The van der Waals surface area contributed by atoms with Crippen LogP contribution in [0.15, 0.2) is 17.5 Å². The van der Waals surface area contributed by atoms with Crippen LogP contribution in [0.4, 0.5) is 0 Å². The van der Waals surface area contributed by atoms with Gasteiger partial charge in [-0.15, -0.1) is 11.3 Å². The van der Waals surface area contributed by atoms with Crippen LogP contribution in [0.25, 0.3) is 0 Å². The maximum Gasteiger partial charge on any atom is 0.329 e. The Labute approximate surface area is 134 Å². The number of hydrogen-bond donors (Lipinski definition) is 3. The molecule has 0 saturated heterocycles. The average molecular weight is 328 g/mol. The summed E-state index contributed by atoms with van der Waals surface area (Å²) >= 11 is 1.40. The van der Waals surface area contributed by atoms with E-state index in [0.29, 0.717) is 0 Å². The molecule has 0 saturated carbocycles. The van der Waals surface area contributed by atoms with Crippen LogP contribution in [-0.4, -0.2) is 36.2 Å². The van der Waals surface area contributed by atoms with E-state index in [1.807, 2.05) is 32.2 Å². The second-order valence-corrected chi connectivity index (χ2v) is 7.23. The van der Waals surface area contributed by atoms with Gasteiger partial charge in [0.25, 0.3) is 0 Å². The Kier molecular flexibility index (Phi) is 6.99. The SMILES string of the molecule is CC(=O)NC(CNC(O)c1cccs1)C(=O)OCC(C)(C)C. The Morgan fingerprint density at radius 3 is 2.59 bits per heavy atom. The lowest BCUT2D eigenvalue weighted by molar-refractivity contribution is -0.150. The molecule has 0 aromatic carbocycles. The van der Waals surface area contributed by atoms with E-state index in [1.54, 1.807) is 6.07 Å². The van der Waals surface area contributed by atoms with Crippen molar-refractivity contribution in [2.75, 3.05) is 13.2 Å². The van der Waals surface area contributed by atoms with Crippen LogP contribution in [0.2, 0.25) is 0 Å². The predicted octanol–water partition coefficient (Wildman–Crippen LogP) is 1.42. The molecule has 1 rings (SSSR count). The van der Waals surface area contributed by atoms with Gasteiger partial charge in [0.15, 0.2) is 0 Å². The molecule has 1 heterocycles. The van der Waals surface area contributed by atoms with Gasteiger partial charge in [-0.1, -0.05) is 26.8 Å². The standard InChI is InChI=1S/C15H24N2O4S/c1-10(18)17-11(14(20)21-9-15(2,3)4)8-16-13(19)12-6-5-7-22-12/h5-7,11,13,16,19H,8-9H2,1-4H3,(H,17,18). The van der Waals surface area contributed by atoms with E-state index in [9.17, 15) is 14.7 Å². The molecule has 6 nitrogen and oxygen atoms in total. The van der Waals surface area contributed by atoms with E-state index in [0.717, 1.165) is 4.88 Å². The number of amides is 1. The van der Waals surface area contributed by atoms with Crippen molar-refractivity contribution in [1.29, 1.82) is 0 Å². The molecule has 0 aliphatic rings. The molecule has 3 N–H and O–H groups in total. The van der Waals surface area contributed by atoms with Gasteiger partial charge in [-0.3, -0.25) is 10.1 Å². The molecule has 0 fully saturated rings. The highest BCUT2D eigenvalue weighted by Crippen LogP contribution is 2.16. The molecule has 1 amide bonds. The third-order valence-corrected chi connectivity index (χ3v) is 3.56. The molecule has 0 radical (unpaired) electrons. The van der Waals surface area contributed by atoms with Gasteiger partial charge in [-0.2, -0.15) is 0 Å². The molecule has 7 heteroatoms. The fourth-order valence-electron chi connectivity index (χ4n) is 1.60. The summed E-state index contributed by atoms with van der Waals surface area (Å²) in [6, 6.07) is 2.77. The lowest BCUT2D eigenvalue weighted by Crippen LogP contribution is -2.48. The highest BCUT2D eigenvalue weighted by atomic mass is 32.1. The highest BCUT2D eigenvalue weighted by molar-refractivity contribution is 7.10. The van der Waals surface area contributed by atoms with Crippen LogP contribution < -0.4 is 10.6 Å². The van der Waals surface area contributed by atoms with E-state index in [1.165, 1.54) is 18.3 Å². The molecule has 0 aliphatic heterocycles. The summed E-state index contributed by atoms with van der Waals surface area (Å²) < 4.78 is 5.22. The number of hydrogen-bond acceptors (Lipinski definition) is 6. The van der Waals surface area contributed by atoms with Crippen LogP contribution >= 0.6 is 11.3 Å². The summed E-state index contributed by atoms with van der Waals surface area (Å²) in [4.78, 5) is 24.0. The molecule has 1 aromatic heterocycles. The highest BCUT2D eigenvalue weighted by Gasteiger charge is 2.24. The first-order valence-corrected chi connectivity index (χ1v) is 7.95. The lowest BCUT2D eigenvalue weighted by Gasteiger charge is -2.22. The molecule has 0 spiro atoms. The van der Waals surface area contributed by atoms with Gasteiger partial charge in [0.2, 0.25) is 5.91 Å². The first kappa shape index (κ1) is 18.6. The van der Waals surface area contributed by atoms with Crippen LogP contribution in [0.1, 0.15) is 38.8 Å². The van der Waals surface area contributed by atoms with E-state index >= 15 is 0 Å². The topological polar surface area (TPSA) is 87.7 Å². The van der Waals surface area contributed by atoms with Gasteiger partial charge >= 0.3 is 5.97 Å². The van der Waals surface area contributed by atoms with Gasteiger partial charge in [0.05, 0.1) is 6.61 Å². The average Bonchev–Trinajstić information content (AvgIpc) is 2.93. The van der Waals surface area contributed by atoms with Crippen molar-refractivity contribution in [3.8, 4) is 0 Å². The van der Waals surface area contributed by atoms with Crippen molar-refractivity contribution in [2.24, 2.45) is 5.41 Å². The van der Waals surface area contributed by atoms with Crippen molar-refractivity contribution < 1.29 is 19.4 Å². The molecule has 0 bridgehead atoms. The number of carbonyl (C=O) groups excluding carboxylic acids is 2. The molecular weight excluding hydrogens is 304 g/mol. The number of thiophene rings is 1. The Morgan fingerprint density at radius 2 is 2.09 bits per heavy atom. The number of ether oxygens (including phenoxy) is 1. The van der Waals surface area contributed by atoms with Crippen molar-refractivity contribution in [2.45, 2.75) is 40.0 Å². The van der Waals surface area contributed by atoms with E-state index in [4.69, 9.17) is 4.74 Å². The fourth-order valence-corrected chi connectivity index (χ4v) is 2.29. The second kappa shape index (κ2) is 8.26. The largest absolute Gasteiger partial charge is 0.464 e. The Hall–Kier alpha value is -1.44. The maximum atomic E-state index is 12.1. The third-order valence-electron chi connectivity index (χ3n) is 2.64. The van der Waals surface area contributed by atoms with E-state index in [-0.39, 0.29) is 24.5 Å². The van der Waals surface area contributed by atoms with Crippen molar-refractivity contribution in [1.82, 2.24) is 10.6 Å². The zero-order valence-electron chi connectivity index (χ0n) is 13.4. The smallest absolute Gasteiger partial charge is 0.329 e. The van der Waals surface area contributed by atoms with E-state index < -0.39 is 18.2 Å². The minimum absolute atomic E-state index is 0.0849.